The SMILES string of the molecule is COC(=O)[C@@]1([C@H](C=O)c2cccc(O)c2)CCCN1C(=O)C(F)(F)F. The molecule has 1 N–H and O–H groups in total. The van der Waals surface area contributed by atoms with Gasteiger partial charge >= 0.3 is 18.1 Å². The van der Waals surface area contributed by atoms with Crippen LogP contribution in [0, 0.1) is 0 Å². The number of aromatic hydroxyl groups is 1. The highest BCUT2D eigenvalue weighted by Crippen LogP contribution is 2.43. The van der Waals surface area contributed by atoms with Crippen molar-refractivity contribution in [3.8, 4) is 5.75 Å². The normalized spacial score (nSPS) is 21.7. The van der Waals surface area contributed by atoms with Crippen molar-refractivity contribution in [2.24, 2.45) is 0 Å². The smallest absolute Gasteiger partial charge is 0.471 e. The number of nitrogens with zero attached hydrogens (tertiary/aromatic N) is 1. The highest BCUT2D eigenvalue weighted by Gasteiger charge is 2.60. The van der Waals surface area contributed by atoms with Crippen LogP contribution in [0.5, 0.6) is 5.75 Å². The fourth-order valence-electron chi connectivity index (χ4n) is 3.30. The number of ether oxygens (including phenoxy) is 1. The molecular weight excluding hydrogens is 343 g/mol. The standard InChI is InChI=1S/C16H16F3NO5/c1-25-14(24)15(6-3-7-20(15)13(23)16(17,18)19)12(9-21)10-4-2-5-11(22)8-10/h2,4-5,8-9,12,22H,3,6-7H2,1H3/t12-,15+/m1/s1. The number of phenolic OH excluding ortho intramolecular Hbond substituents is 1. The molecule has 136 valence electrons. The van der Waals surface area contributed by atoms with Crippen LogP contribution in [0.2, 0.25) is 0 Å². The number of likely N-dealkylation sites (tertiary alicyclic amines) is 1. The van der Waals surface area contributed by atoms with Crippen LogP contribution in [-0.2, 0) is 19.1 Å². The van der Waals surface area contributed by atoms with E-state index in [0.717, 1.165) is 7.11 Å². The van der Waals surface area contributed by atoms with Gasteiger partial charge in [0.1, 0.15) is 12.0 Å². The van der Waals surface area contributed by atoms with Crippen molar-refractivity contribution >= 4 is 18.2 Å². The van der Waals surface area contributed by atoms with Crippen LogP contribution >= 0.6 is 0 Å². The zero-order valence-corrected chi connectivity index (χ0v) is 13.2. The molecule has 1 aromatic carbocycles. The van der Waals surface area contributed by atoms with Gasteiger partial charge in [0.2, 0.25) is 0 Å². The van der Waals surface area contributed by atoms with Gasteiger partial charge in [-0.1, -0.05) is 12.1 Å². The molecule has 0 spiro atoms. The molecule has 1 saturated heterocycles. The lowest BCUT2D eigenvalue weighted by molar-refractivity contribution is -0.194. The number of aldehydes is 1. The lowest BCUT2D eigenvalue weighted by Crippen LogP contribution is -2.60. The summed E-state index contributed by atoms with van der Waals surface area (Å²) in [6, 6.07) is 5.25. The quantitative estimate of drug-likeness (QED) is 0.654. The van der Waals surface area contributed by atoms with Crippen LogP contribution < -0.4 is 0 Å². The summed E-state index contributed by atoms with van der Waals surface area (Å²) in [5.41, 5.74) is -2.00. The molecule has 1 aromatic rings. The third-order valence-corrected chi connectivity index (χ3v) is 4.33. The Balaban J connectivity index is 2.62. The third-order valence-electron chi connectivity index (χ3n) is 4.33. The number of hydrogen-bond acceptors (Lipinski definition) is 5. The highest BCUT2D eigenvalue weighted by molar-refractivity contribution is 5.95. The van der Waals surface area contributed by atoms with E-state index in [2.05, 4.69) is 4.74 Å². The van der Waals surface area contributed by atoms with Crippen LogP contribution in [-0.4, -0.2) is 53.5 Å². The third kappa shape index (κ3) is 3.18. The first-order valence-electron chi connectivity index (χ1n) is 7.40. The Kier molecular flexibility index (Phi) is 5.05. The zero-order valence-electron chi connectivity index (χ0n) is 13.2. The summed E-state index contributed by atoms with van der Waals surface area (Å²) in [7, 11) is 0.975. The molecule has 0 radical (unpaired) electrons. The number of carbonyl (C=O) groups excluding carboxylic acids is 3. The lowest BCUT2D eigenvalue weighted by Gasteiger charge is -2.40. The maximum atomic E-state index is 13.0. The van der Waals surface area contributed by atoms with E-state index >= 15 is 0 Å². The van der Waals surface area contributed by atoms with E-state index in [-0.39, 0.29) is 30.7 Å². The molecule has 1 fully saturated rings. The van der Waals surface area contributed by atoms with Crippen molar-refractivity contribution < 1.29 is 37.4 Å². The first kappa shape index (κ1) is 18.8. The number of alkyl halides is 3. The molecule has 0 aromatic heterocycles. The van der Waals surface area contributed by atoms with Gasteiger partial charge in [-0.05, 0) is 30.5 Å². The van der Waals surface area contributed by atoms with E-state index in [0.29, 0.717) is 11.2 Å². The van der Waals surface area contributed by atoms with Gasteiger partial charge in [-0.25, -0.2) is 4.79 Å². The second-order valence-electron chi connectivity index (χ2n) is 5.68. The predicted octanol–water partition coefficient (Wildman–Crippen LogP) is 1.77. The number of rotatable bonds is 4. The minimum absolute atomic E-state index is 0.0973. The molecule has 2 rings (SSSR count). The van der Waals surface area contributed by atoms with E-state index in [9.17, 15) is 32.7 Å². The number of halogens is 3. The maximum absolute atomic E-state index is 13.0. The van der Waals surface area contributed by atoms with Crippen LogP contribution in [0.4, 0.5) is 13.2 Å². The van der Waals surface area contributed by atoms with E-state index < -0.39 is 29.5 Å². The first-order chi connectivity index (χ1) is 11.7. The number of carbonyl (C=O) groups is 3. The fraction of sp³-hybridized carbons (Fsp3) is 0.438. The Labute approximate surface area is 141 Å². The number of methoxy groups -OCH3 is 1. The van der Waals surface area contributed by atoms with E-state index in [1.165, 1.54) is 24.3 Å². The van der Waals surface area contributed by atoms with Gasteiger partial charge in [0.25, 0.3) is 0 Å². The second-order valence-corrected chi connectivity index (χ2v) is 5.68. The lowest BCUT2D eigenvalue weighted by atomic mass is 9.77. The topological polar surface area (TPSA) is 83.9 Å². The first-order valence-corrected chi connectivity index (χ1v) is 7.40. The van der Waals surface area contributed by atoms with Crippen molar-refractivity contribution in [3.63, 3.8) is 0 Å². The van der Waals surface area contributed by atoms with Crippen LogP contribution in [0.15, 0.2) is 24.3 Å². The molecule has 2 atom stereocenters. The molecule has 0 aliphatic carbocycles. The van der Waals surface area contributed by atoms with Crippen molar-refractivity contribution in [2.75, 3.05) is 13.7 Å². The molecule has 1 heterocycles. The molecule has 6 nitrogen and oxygen atoms in total. The second kappa shape index (κ2) is 6.73. The Bertz CT molecular complexity index is 691. The number of amides is 1. The summed E-state index contributed by atoms with van der Waals surface area (Å²) in [6.45, 7) is -0.337. The van der Waals surface area contributed by atoms with E-state index in [1.54, 1.807) is 0 Å². The average molecular weight is 359 g/mol. The summed E-state index contributed by atoms with van der Waals surface area (Å²) in [4.78, 5) is 36.4. The number of benzene rings is 1. The van der Waals surface area contributed by atoms with Crippen LogP contribution in [0.1, 0.15) is 24.3 Å². The fourth-order valence-corrected chi connectivity index (χ4v) is 3.30. The molecule has 0 bridgehead atoms. The summed E-state index contributed by atoms with van der Waals surface area (Å²) in [6.07, 6.45) is -4.97. The Morgan fingerprint density at radius 2 is 2.08 bits per heavy atom. The molecule has 0 unspecified atom stereocenters. The monoisotopic (exact) mass is 359 g/mol. The zero-order chi connectivity index (χ0) is 18.8. The Hall–Kier alpha value is -2.58. The minimum Gasteiger partial charge on any atom is -0.508 e. The van der Waals surface area contributed by atoms with Gasteiger partial charge < -0.3 is 19.5 Å². The Morgan fingerprint density at radius 1 is 1.40 bits per heavy atom. The molecule has 1 amide bonds. The molecule has 9 heteroatoms. The van der Waals surface area contributed by atoms with Crippen molar-refractivity contribution in [1.82, 2.24) is 4.90 Å². The molecule has 0 saturated carbocycles. The number of phenols is 1. The minimum atomic E-state index is -5.20. The highest BCUT2D eigenvalue weighted by atomic mass is 19.4. The van der Waals surface area contributed by atoms with Gasteiger partial charge in [0.05, 0.1) is 13.0 Å². The summed E-state index contributed by atoms with van der Waals surface area (Å²) in [5.74, 6) is -4.96. The van der Waals surface area contributed by atoms with Crippen molar-refractivity contribution in [3.05, 3.63) is 29.8 Å². The predicted molar refractivity (Wildman–Crippen MR) is 78.7 cm³/mol. The van der Waals surface area contributed by atoms with E-state index in [4.69, 9.17) is 0 Å². The summed E-state index contributed by atoms with van der Waals surface area (Å²) < 4.78 is 43.6. The molecule has 1 aliphatic heterocycles. The largest absolute Gasteiger partial charge is 0.508 e. The van der Waals surface area contributed by atoms with Gasteiger partial charge in [0.15, 0.2) is 5.54 Å². The Morgan fingerprint density at radius 3 is 2.60 bits per heavy atom. The maximum Gasteiger partial charge on any atom is 0.471 e. The van der Waals surface area contributed by atoms with E-state index in [1.807, 2.05) is 0 Å². The molecule has 1 aliphatic rings. The number of esters is 1. The summed E-state index contributed by atoms with van der Waals surface area (Å²) in [5, 5.41) is 9.59. The van der Waals surface area contributed by atoms with Crippen molar-refractivity contribution in [2.45, 2.75) is 30.5 Å². The van der Waals surface area contributed by atoms with Gasteiger partial charge in [0, 0.05) is 6.54 Å². The van der Waals surface area contributed by atoms with Crippen LogP contribution in [0.25, 0.3) is 0 Å². The summed E-state index contributed by atoms with van der Waals surface area (Å²) >= 11 is 0. The van der Waals surface area contributed by atoms with Gasteiger partial charge in [-0.3, -0.25) is 4.79 Å². The van der Waals surface area contributed by atoms with Gasteiger partial charge in [-0.2, -0.15) is 13.2 Å². The number of hydrogen-bond donors (Lipinski definition) is 1. The van der Waals surface area contributed by atoms with Gasteiger partial charge in [-0.15, -0.1) is 0 Å². The van der Waals surface area contributed by atoms with Crippen molar-refractivity contribution in [1.29, 1.82) is 0 Å². The molecule has 25 heavy (non-hydrogen) atoms. The molecular formula is C16H16F3NO5. The average Bonchev–Trinajstić information content (AvgIpc) is 2.98. The van der Waals surface area contributed by atoms with Crippen LogP contribution in [0.3, 0.4) is 0 Å².